The molecule has 1 aliphatic rings. The van der Waals surface area contributed by atoms with Gasteiger partial charge in [-0.2, -0.15) is 16.7 Å². The summed E-state index contributed by atoms with van der Waals surface area (Å²) < 4.78 is 10.8. The van der Waals surface area contributed by atoms with Gasteiger partial charge < -0.3 is 14.6 Å². The van der Waals surface area contributed by atoms with Gasteiger partial charge in [-0.15, -0.1) is 0 Å². The number of ether oxygens (including phenoxy) is 1. The average molecular weight is 291 g/mol. The lowest BCUT2D eigenvalue weighted by Crippen LogP contribution is -2.31. The first kappa shape index (κ1) is 13.5. The number of benzene rings is 1. The van der Waals surface area contributed by atoms with E-state index in [1.54, 1.807) is 7.11 Å². The van der Waals surface area contributed by atoms with E-state index in [0.29, 0.717) is 17.8 Å². The Balaban J connectivity index is 1.90. The van der Waals surface area contributed by atoms with Crippen LogP contribution in [0.4, 0.5) is 0 Å². The van der Waals surface area contributed by atoms with Crippen molar-refractivity contribution in [3.8, 4) is 17.1 Å². The number of thioether (sulfide) groups is 1. The van der Waals surface area contributed by atoms with E-state index < -0.39 is 0 Å². The Labute approximate surface area is 122 Å². The van der Waals surface area contributed by atoms with Crippen LogP contribution in [0.3, 0.4) is 0 Å². The van der Waals surface area contributed by atoms with Crippen molar-refractivity contribution in [3.05, 3.63) is 30.2 Å². The molecule has 2 heterocycles. The predicted molar refractivity (Wildman–Crippen MR) is 79.2 cm³/mol. The molecule has 1 aliphatic heterocycles. The standard InChI is InChI=1S/C14H17N3O2S/c1-15-11-8-20-7-10(11)14-16-13(17-19-14)9-5-3-4-6-12(9)18-2/h3-6,10-11,15H,7-8H2,1-2H3. The van der Waals surface area contributed by atoms with Gasteiger partial charge in [0.1, 0.15) is 5.75 Å². The highest BCUT2D eigenvalue weighted by molar-refractivity contribution is 7.99. The fourth-order valence-corrected chi connectivity index (χ4v) is 3.82. The summed E-state index contributed by atoms with van der Waals surface area (Å²) in [5, 5.41) is 7.42. The Hall–Kier alpha value is -1.53. The maximum absolute atomic E-state index is 5.46. The maximum atomic E-state index is 5.46. The van der Waals surface area contributed by atoms with E-state index in [1.165, 1.54) is 0 Å². The Morgan fingerprint density at radius 1 is 1.35 bits per heavy atom. The molecule has 6 heteroatoms. The molecule has 1 aromatic heterocycles. The van der Waals surface area contributed by atoms with Gasteiger partial charge in [0.05, 0.1) is 18.6 Å². The number of hydrogen-bond donors (Lipinski definition) is 1. The van der Waals surface area contributed by atoms with Crippen molar-refractivity contribution >= 4 is 11.8 Å². The Bertz CT molecular complexity index is 587. The van der Waals surface area contributed by atoms with E-state index in [2.05, 4.69) is 15.5 Å². The zero-order chi connectivity index (χ0) is 13.9. The van der Waals surface area contributed by atoms with Crippen LogP contribution < -0.4 is 10.1 Å². The minimum atomic E-state index is 0.279. The highest BCUT2D eigenvalue weighted by Gasteiger charge is 2.32. The second-order valence-electron chi connectivity index (χ2n) is 4.70. The molecular formula is C14H17N3O2S. The quantitative estimate of drug-likeness (QED) is 0.931. The highest BCUT2D eigenvalue weighted by atomic mass is 32.2. The van der Waals surface area contributed by atoms with Crippen LogP contribution in [0, 0.1) is 0 Å². The van der Waals surface area contributed by atoms with Crippen LogP contribution in [-0.4, -0.2) is 41.8 Å². The van der Waals surface area contributed by atoms with Gasteiger partial charge in [-0.1, -0.05) is 17.3 Å². The van der Waals surface area contributed by atoms with Gasteiger partial charge in [0.15, 0.2) is 0 Å². The molecule has 0 aliphatic carbocycles. The SMILES string of the molecule is CNC1CSCC1c1nc(-c2ccccc2OC)no1. The van der Waals surface area contributed by atoms with E-state index in [4.69, 9.17) is 9.26 Å². The van der Waals surface area contributed by atoms with Crippen molar-refractivity contribution < 1.29 is 9.26 Å². The van der Waals surface area contributed by atoms with Crippen molar-refractivity contribution in [1.29, 1.82) is 0 Å². The van der Waals surface area contributed by atoms with Crippen molar-refractivity contribution in [2.45, 2.75) is 12.0 Å². The molecule has 1 aromatic carbocycles. The Kier molecular flexibility index (Phi) is 3.93. The maximum Gasteiger partial charge on any atom is 0.232 e. The first-order chi connectivity index (χ1) is 9.83. The summed E-state index contributed by atoms with van der Waals surface area (Å²) in [6.45, 7) is 0. The second kappa shape index (κ2) is 5.85. The van der Waals surface area contributed by atoms with Crippen molar-refractivity contribution in [2.24, 2.45) is 0 Å². The molecule has 0 amide bonds. The van der Waals surface area contributed by atoms with Gasteiger partial charge in [-0.3, -0.25) is 0 Å². The third-order valence-corrected chi connectivity index (χ3v) is 4.75. The first-order valence-corrected chi connectivity index (χ1v) is 7.71. The van der Waals surface area contributed by atoms with Gasteiger partial charge in [-0.05, 0) is 19.2 Å². The largest absolute Gasteiger partial charge is 0.496 e. The normalized spacial score (nSPS) is 22.1. The van der Waals surface area contributed by atoms with Crippen LogP contribution >= 0.6 is 11.8 Å². The van der Waals surface area contributed by atoms with Crippen LogP contribution in [0.1, 0.15) is 11.8 Å². The molecule has 3 rings (SSSR count). The van der Waals surface area contributed by atoms with E-state index in [9.17, 15) is 0 Å². The number of para-hydroxylation sites is 1. The van der Waals surface area contributed by atoms with Crippen molar-refractivity contribution in [2.75, 3.05) is 25.7 Å². The minimum absolute atomic E-state index is 0.279. The summed E-state index contributed by atoms with van der Waals surface area (Å²) in [4.78, 5) is 4.56. The summed E-state index contributed by atoms with van der Waals surface area (Å²) >= 11 is 1.91. The number of likely N-dealkylation sites (N-methyl/N-ethyl adjacent to an activating group) is 1. The number of hydrogen-bond acceptors (Lipinski definition) is 6. The molecule has 1 saturated heterocycles. The lowest BCUT2D eigenvalue weighted by molar-refractivity contribution is 0.343. The van der Waals surface area contributed by atoms with Crippen LogP contribution in [-0.2, 0) is 0 Å². The Morgan fingerprint density at radius 2 is 2.20 bits per heavy atom. The molecule has 2 aromatic rings. The molecule has 2 unspecified atom stereocenters. The summed E-state index contributed by atoms with van der Waals surface area (Å²) in [6, 6.07) is 8.09. The van der Waals surface area contributed by atoms with Gasteiger partial charge in [-0.25, -0.2) is 0 Å². The fraction of sp³-hybridized carbons (Fsp3) is 0.429. The summed E-state index contributed by atoms with van der Waals surface area (Å²) in [6.07, 6.45) is 0. The molecule has 0 spiro atoms. The number of methoxy groups -OCH3 is 1. The molecule has 1 N–H and O–H groups in total. The lowest BCUT2D eigenvalue weighted by atomic mass is 10.0. The van der Waals surface area contributed by atoms with Crippen molar-refractivity contribution in [1.82, 2.24) is 15.5 Å². The van der Waals surface area contributed by atoms with E-state index >= 15 is 0 Å². The molecular weight excluding hydrogens is 274 g/mol. The van der Waals surface area contributed by atoms with Crippen molar-refractivity contribution in [3.63, 3.8) is 0 Å². The topological polar surface area (TPSA) is 60.2 Å². The molecule has 0 radical (unpaired) electrons. The zero-order valence-electron chi connectivity index (χ0n) is 11.5. The highest BCUT2D eigenvalue weighted by Crippen LogP contribution is 2.34. The third kappa shape index (κ3) is 2.41. The molecule has 2 atom stereocenters. The molecule has 106 valence electrons. The van der Waals surface area contributed by atoms with Gasteiger partial charge in [0.25, 0.3) is 0 Å². The summed E-state index contributed by atoms with van der Waals surface area (Å²) in [5.41, 5.74) is 0.858. The summed E-state index contributed by atoms with van der Waals surface area (Å²) in [7, 11) is 3.62. The third-order valence-electron chi connectivity index (χ3n) is 3.56. The lowest BCUT2D eigenvalue weighted by Gasteiger charge is -2.13. The van der Waals surface area contributed by atoms with Crippen LogP contribution in [0.2, 0.25) is 0 Å². The molecule has 0 saturated carbocycles. The Morgan fingerprint density at radius 3 is 3.00 bits per heavy atom. The second-order valence-corrected chi connectivity index (χ2v) is 5.77. The molecule has 20 heavy (non-hydrogen) atoms. The van der Waals surface area contributed by atoms with Gasteiger partial charge in [0, 0.05) is 17.5 Å². The summed E-state index contributed by atoms with van der Waals surface area (Å²) in [5.74, 6) is 4.42. The van der Waals surface area contributed by atoms with E-state index in [0.717, 1.165) is 22.8 Å². The van der Waals surface area contributed by atoms with E-state index in [-0.39, 0.29) is 5.92 Å². The molecule has 1 fully saturated rings. The molecule has 0 bridgehead atoms. The minimum Gasteiger partial charge on any atom is -0.496 e. The average Bonchev–Trinajstić information content (AvgIpc) is 3.15. The first-order valence-electron chi connectivity index (χ1n) is 6.55. The predicted octanol–water partition coefficient (Wildman–Crippen LogP) is 2.16. The number of nitrogens with one attached hydrogen (secondary N) is 1. The number of aromatic nitrogens is 2. The van der Waals surface area contributed by atoms with E-state index in [1.807, 2.05) is 43.1 Å². The smallest absolute Gasteiger partial charge is 0.232 e. The number of rotatable bonds is 4. The molecule has 5 nitrogen and oxygen atoms in total. The number of nitrogens with zero attached hydrogens (tertiary/aromatic N) is 2. The van der Waals surface area contributed by atoms with Crippen LogP contribution in [0.5, 0.6) is 5.75 Å². The fourth-order valence-electron chi connectivity index (χ4n) is 2.41. The van der Waals surface area contributed by atoms with Crippen LogP contribution in [0.25, 0.3) is 11.4 Å². The van der Waals surface area contributed by atoms with Gasteiger partial charge in [0.2, 0.25) is 11.7 Å². The zero-order valence-corrected chi connectivity index (χ0v) is 12.3. The van der Waals surface area contributed by atoms with Gasteiger partial charge >= 0.3 is 0 Å². The monoisotopic (exact) mass is 291 g/mol. The van der Waals surface area contributed by atoms with Crippen LogP contribution in [0.15, 0.2) is 28.8 Å².